The van der Waals surface area contributed by atoms with Crippen molar-refractivity contribution in [3.63, 3.8) is 0 Å². The van der Waals surface area contributed by atoms with Crippen molar-refractivity contribution in [3.05, 3.63) is 30.1 Å². The van der Waals surface area contributed by atoms with Crippen LogP contribution in [0, 0.1) is 11.7 Å². The molecule has 3 amide bonds. The second-order valence-electron chi connectivity index (χ2n) is 7.36. The Balaban J connectivity index is 1.35. The zero-order valence-corrected chi connectivity index (χ0v) is 14.4. The highest BCUT2D eigenvalue weighted by Crippen LogP contribution is 2.42. The van der Waals surface area contributed by atoms with Crippen molar-refractivity contribution in [2.24, 2.45) is 5.92 Å². The summed E-state index contributed by atoms with van der Waals surface area (Å²) in [6.07, 6.45) is 2.01. The first-order valence-electron chi connectivity index (χ1n) is 8.84. The van der Waals surface area contributed by atoms with E-state index in [1.807, 2.05) is 6.92 Å². The summed E-state index contributed by atoms with van der Waals surface area (Å²) in [6, 6.07) is 6.22. The molecular formula is C18H23FN4O2. The van der Waals surface area contributed by atoms with Crippen LogP contribution < -0.4 is 10.2 Å². The third-order valence-corrected chi connectivity index (χ3v) is 5.60. The highest BCUT2D eigenvalue weighted by molar-refractivity contribution is 6.07. The summed E-state index contributed by atoms with van der Waals surface area (Å²) >= 11 is 0. The molecular weight excluding hydrogens is 323 g/mol. The minimum absolute atomic E-state index is 0.0963. The van der Waals surface area contributed by atoms with Gasteiger partial charge in [0.15, 0.2) is 0 Å². The Bertz CT molecular complexity index is 683. The molecule has 0 bridgehead atoms. The van der Waals surface area contributed by atoms with Gasteiger partial charge in [0.25, 0.3) is 5.91 Å². The minimum Gasteiger partial charge on any atom is -0.369 e. The lowest BCUT2D eigenvalue weighted by Crippen LogP contribution is -2.52. The molecule has 3 aliphatic rings. The van der Waals surface area contributed by atoms with Gasteiger partial charge in [-0.3, -0.25) is 9.69 Å². The molecule has 134 valence electrons. The van der Waals surface area contributed by atoms with Gasteiger partial charge in [0.1, 0.15) is 11.4 Å². The molecule has 2 heterocycles. The van der Waals surface area contributed by atoms with Gasteiger partial charge in [-0.2, -0.15) is 0 Å². The first kappa shape index (κ1) is 16.3. The standard InChI is InChI=1S/C18H23FN4O2/c1-18(13-2-3-13)16(24)23(17(25)20-18)12-21-8-10-22(11-9-21)15-6-4-14(19)5-7-15/h4-7,13H,2-3,8-12H2,1H3,(H,20,25). The van der Waals surface area contributed by atoms with E-state index in [4.69, 9.17) is 0 Å². The van der Waals surface area contributed by atoms with Crippen molar-refractivity contribution in [2.75, 3.05) is 37.7 Å². The summed E-state index contributed by atoms with van der Waals surface area (Å²) in [5.74, 6) is -0.0510. The maximum Gasteiger partial charge on any atom is 0.326 e. The van der Waals surface area contributed by atoms with Crippen LogP contribution in [-0.4, -0.2) is 60.1 Å². The largest absolute Gasteiger partial charge is 0.369 e. The number of imide groups is 1. The van der Waals surface area contributed by atoms with Gasteiger partial charge >= 0.3 is 6.03 Å². The Morgan fingerprint density at radius 1 is 1.12 bits per heavy atom. The van der Waals surface area contributed by atoms with Crippen molar-refractivity contribution < 1.29 is 14.0 Å². The average Bonchev–Trinajstić information content (AvgIpc) is 3.43. The number of urea groups is 1. The van der Waals surface area contributed by atoms with Gasteiger partial charge in [-0.05, 0) is 49.9 Å². The fraction of sp³-hybridized carbons (Fsp3) is 0.556. The highest BCUT2D eigenvalue weighted by Gasteiger charge is 2.56. The zero-order valence-electron chi connectivity index (χ0n) is 14.4. The van der Waals surface area contributed by atoms with Crippen molar-refractivity contribution in [2.45, 2.75) is 25.3 Å². The summed E-state index contributed by atoms with van der Waals surface area (Å²) in [5, 5.41) is 2.89. The molecule has 1 unspecified atom stereocenters. The third-order valence-electron chi connectivity index (χ3n) is 5.60. The van der Waals surface area contributed by atoms with E-state index in [9.17, 15) is 14.0 Å². The summed E-state index contributed by atoms with van der Waals surface area (Å²) < 4.78 is 13.0. The van der Waals surface area contributed by atoms with Crippen molar-refractivity contribution in [1.29, 1.82) is 0 Å². The number of rotatable bonds is 4. The molecule has 3 fully saturated rings. The molecule has 6 nitrogen and oxygen atoms in total. The van der Waals surface area contributed by atoms with Gasteiger partial charge in [-0.15, -0.1) is 0 Å². The number of amides is 3. The molecule has 7 heteroatoms. The Morgan fingerprint density at radius 3 is 2.36 bits per heavy atom. The van der Waals surface area contributed by atoms with Crippen LogP contribution in [-0.2, 0) is 4.79 Å². The second-order valence-corrected chi connectivity index (χ2v) is 7.36. The minimum atomic E-state index is -0.715. The fourth-order valence-corrected chi connectivity index (χ4v) is 3.78. The summed E-state index contributed by atoms with van der Waals surface area (Å²) in [5.41, 5.74) is 0.282. The lowest BCUT2D eigenvalue weighted by atomic mass is 9.96. The van der Waals surface area contributed by atoms with Crippen LogP contribution in [0.25, 0.3) is 0 Å². The lowest BCUT2D eigenvalue weighted by molar-refractivity contribution is -0.133. The average molecular weight is 346 g/mol. The number of benzene rings is 1. The normalized spacial score (nSPS) is 27.8. The molecule has 1 aromatic rings. The number of carbonyl (C=O) groups is 2. The molecule has 0 spiro atoms. The van der Waals surface area contributed by atoms with E-state index in [0.29, 0.717) is 6.67 Å². The number of nitrogens with zero attached hydrogens (tertiary/aromatic N) is 3. The Labute approximate surface area is 146 Å². The monoisotopic (exact) mass is 346 g/mol. The van der Waals surface area contributed by atoms with E-state index < -0.39 is 5.54 Å². The number of piperazine rings is 1. The Morgan fingerprint density at radius 2 is 1.76 bits per heavy atom. The molecule has 2 aliphatic heterocycles. The molecule has 1 N–H and O–H groups in total. The van der Waals surface area contributed by atoms with Crippen LogP contribution >= 0.6 is 0 Å². The Hall–Kier alpha value is -2.15. The lowest BCUT2D eigenvalue weighted by Gasteiger charge is -2.37. The van der Waals surface area contributed by atoms with Crippen LogP contribution in [0.4, 0.5) is 14.9 Å². The van der Waals surface area contributed by atoms with E-state index in [2.05, 4.69) is 15.1 Å². The SMILES string of the molecule is CC1(C2CC2)NC(=O)N(CN2CCN(c3ccc(F)cc3)CC2)C1=O. The van der Waals surface area contributed by atoms with E-state index >= 15 is 0 Å². The predicted octanol–water partition coefficient (Wildman–Crippen LogP) is 1.63. The predicted molar refractivity (Wildman–Crippen MR) is 91.6 cm³/mol. The summed E-state index contributed by atoms with van der Waals surface area (Å²) in [4.78, 5) is 30.6. The molecule has 2 saturated heterocycles. The van der Waals surface area contributed by atoms with Gasteiger partial charge in [0.2, 0.25) is 0 Å². The maximum absolute atomic E-state index is 13.0. The third kappa shape index (κ3) is 2.97. The number of carbonyl (C=O) groups excluding carboxylic acids is 2. The van der Waals surface area contributed by atoms with Crippen LogP contribution in [0.2, 0.25) is 0 Å². The topological polar surface area (TPSA) is 55.9 Å². The quantitative estimate of drug-likeness (QED) is 0.842. The van der Waals surface area contributed by atoms with E-state index in [1.54, 1.807) is 12.1 Å². The number of anilines is 1. The molecule has 1 saturated carbocycles. The smallest absolute Gasteiger partial charge is 0.326 e. The van der Waals surface area contributed by atoms with Gasteiger partial charge in [0, 0.05) is 31.9 Å². The van der Waals surface area contributed by atoms with Crippen molar-refractivity contribution in [1.82, 2.24) is 15.1 Å². The van der Waals surface area contributed by atoms with Gasteiger partial charge in [-0.1, -0.05) is 0 Å². The van der Waals surface area contributed by atoms with Gasteiger partial charge in [0.05, 0.1) is 6.67 Å². The molecule has 0 aromatic heterocycles. The van der Waals surface area contributed by atoms with Crippen LogP contribution in [0.5, 0.6) is 0 Å². The number of hydrogen-bond acceptors (Lipinski definition) is 4. The highest BCUT2D eigenvalue weighted by atomic mass is 19.1. The van der Waals surface area contributed by atoms with Gasteiger partial charge < -0.3 is 10.2 Å². The number of nitrogens with one attached hydrogen (secondary N) is 1. The number of hydrogen-bond donors (Lipinski definition) is 1. The molecule has 25 heavy (non-hydrogen) atoms. The molecule has 4 rings (SSSR count). The zero-order chi connectivity index (χ0) is 17.6. The number of halogens is 1. The van der Waals surface area contributed by atoms with E-state index in [-0.39, 0.29) is 23.7 Å². The molecule has 1 atom stereocenters. The second kappa shape index (κ2) is 5.98. The van der Waals surface area contributed by atoms with Crippen molar-refractivity contribution >= 4 is 17.6 Å². The molecule has 1 aliphatic carbocycles. The maximum atomic E-state index is 13.0. The van der Waals surface area contributed by atoms with Gasteiger partial charge in [-0.25, -0.2) is 14.1 Å². The first-order valence-corrected chi connectivity index (χ1v) is 8.84. The van der Waals surface area contributed by atoms with E-state index in [1.165, 1.54) is 17.0 Å². The Kier molecular flexibility index (Phi) is 3.91. The first-order chi connectivity index (χ1) is 12.0. The van der Waals surface area contributed by atoms with Crippen molar-refractivity contribution in [3.8, 4) is 0 Å². The van der Waals surface area contributed by atoms with Crippen LogP contribution in [0.15, 0.2) is 24.3 Å². The summed E-state index contributed by atoms with van der Waals surface area (Å²) in [6.45, 7) is 5.27. The van der Waals surface area contributed by atoms with Crippen LogP contribution in [0.3, 0.4) is 0 Å². The fourth-order valence-electron chi connectivity index (χ4n) is 3.78. The molecule has 1 aromatic carbocycles. The summed E-state index contributed by atoms with van der Waals surface area (Å²) in [7, 11) is 0. The molecule has 0 radical (unpaired) electrons. The van der Waals surface area contributed by atoms with E-state index in [0.717, 1.165) is 44.7 Å². The van der Waals surface area contributed by atoms with Crippen LogP contribution in [0.1, 0.15) is 19.8 Å².